The zero-order chi connectivity index (χ0) is 15.8. The van der Waals surface area contributed by atoms with Gasteiger partial charge in [-0.3, -0.25) is 9.20 Å². The molecule has 0 atom stereocenters. The summed E-state index contributed by atoms with van der Waals surface area (Å²) in [5, 5.41) is 13.9. The number of benzene rings is 1. The molecule has 0 radical (unpaired) electrons. The largest absolute Gasteiger partial charge is 0.269 e. The molecule has 3 aromatic heterocycles. The van der Waals surface area contributed by atoms with Gasteiger partial charge in [-0.05, 0) is 29.5 Å². The van der Waals surface area contributed by atoms with Crippen LogP contribution < -0.4 is 5.56 Å². The third-order valence-corrected chi connectivity index (χ3v) is 3.97. The van der Waals surface area contributed by atoms with Crippen LogP contribution in [0.25, 0.3) is 16.3 Å². The van der Waals surface area contributed by atoms with E-state index in [0.29, 0.717) is 22.0 Å². The second-order valence-electron chi connectivity index (χ2n) is 4.79. The standard InChI is InChI=1S/C14H9FN6OS/c15-10-3-1-9(2-4-10)13-17-19-21(18-13)8-11-7-12(22)20-5-6-23-14(20)16-11/h1-7H,8H2. The van der Waals surface area contributed by atoms with E-state index in [2.05, 4.69) is 20.4 Å². The monoisotopic (exact) mass is 328 g/mol. The number of hydrogen-bond donors (Lipinski definition) is 0. The summed E-state index contributed by atoms with van der Waals surface area (Å²) in [7, 11) is 0. The molecule has 0 fully saturated rings. The zero-order valence-electron chi connectivity index (χ0n) is 11.6. The van der Waals surface area contributed by atoms with Crippen LogP contribution in [0.3, 0.4) is 0 Å². The van der Waals surface area contributed by atoms with Crippen molar-refractivity contribution in [3.05, 3.63) is 63.8 Å². The van der Waals surface area contributed by atoms with Gasteiger partial charge in [0.25, 0.3) is 5.56 Å². The fraction of sp³-hybridized carbons (Fsp3) is 0.0714. The summed E-state index contributed by atoms with van der Waals surface area (Å²) < 4.78 is 14.4. The van der Waals surface area contributed by atoms with Gasteiger partial charge in [0.1, 0.15) is 12.4 Å². The van der Waals surface area contributed by atoms with Crippen molar-refractivity contribution in [1.29, 1.82) is 0 Å². The van der Waals surface area contributed by atoms with E-state index in [9.17, 15) is 9.18 Å². The van der Waals surface area contributed by atoms with Gasteiger partial charge < -0.3 is 0 Å². The van der Waals surface area contributed by atoms with E-state index >= 15 is 0 Å². The Morgan fingerprint density at radius 2 is 2.04 bits per heavy atom. The van der Waals surface area contributed by atoms with E-state index < -0.39 is 0 Å². The van der Waals surface area contributed by atoms with Crippen LogP contribution >= 0.6 is 11.3 Å². The van der Waals surface area contributed by atoms with Crippen LogP contribution in [0, 0.1) is 5.82 Å². The van der Waals surface area contributed by atoms with Gasteiger partial charge in [-0.25, -0.2) is 9.37 Å². The molecule has 23 heavy (non-hydrogen) atoms. The maximum absolute atomic E-state index is 12.9. The van der Waals surface area contributed by atoms with Gasteiger partial charge in [-0.1, -0.05) is 0 Å². The van der Waals surface area contributed by atoms with Crippen LogP contribution in [0.2, 0.25) is 0 Å². The number of fused-ring (bicyclic) bond motifs is 1. The predicted octanol–water partition coefficient (Wildman–Crippen LogP) is 1.60. The first-order chi connectivity index (χ1) is 11.2. The molecule has 1 aromatic carbocycles. The lowest BCUT2D eigenvalue weighted by molar-refractivity contribution is 0.564. The second kappa shape index (κ2) is 5.36. The fourth-order valence-corrected chi connectivity index (χ4v) is 2.88. The summed E-state index contributed by atoms with van der Waals surface area (Å²) in [6.45, 7) is 0.234. The van der Waals surface area contributed by atoms with Crippen molar-refractivity contribution in [3.8, 4) is 11.4 Å². The van der Waals surface area contributed by atoms with Crippen molar-refractivity contribution in [2.45, 2.75) is 6.54 Å². The number of tetrazole rings is 1. The Balaban J connectivity index is 1.63. The van der Waals surface area contributed by atoms with Crippen LogP contribution in [0.15, 0.2) is 46.7 Å². The average Bonchev–Trinajstić information content (AvgIpc) is 3.17. The van der Waals surface area contributed by atoms with Gasteiger partial charge >= 0.3 is 0 Å². The van der Waals surface area contributed by atoms with E-state index in [4.69, 9.17) is 0 Å². The third-order valence-electron chi connectivity index (χ3n) is 3.21. The number of rotatable bonds is 3. The van der Waals surface area contributed by atoms with Crippen LogP contribution in [0.5, 0.6) is 0 Å². The minimum absolute atomic E-state index is 0.148. The molecule has 7 nitrogen and oxygen atoms in total. The van der Waals surface area contributed by atoms with Crippen LogP contribution in [-0.4, -0.2) is 29.6 Å². The smallest absolute Gasteiger partial charge is 0.258 e. The molecule has 0 aliphatic carbocycles. The molecule has 4 rings (SSSR count). The highest BCUT2D eigenvalue weighted by molar-refractivity contribution is 7.15. The number of thiazole rings is 1. The lowest BCUT2D eigenvalue weighted by atomic mass is 10.2. The summed E-state index contributed by atoms with van der Waals surface area (Å²) in [4.78, 5) is 18.3. The highest BCUT2D eigenvalue weighted by Crippen LogP contribution is 2.14. The van der Waals surface area contributed by atoms with Crippen molar-refractivity contribution >= 4 is 16.3 Å². The molecule has 0 aliphatic heterocycles. The maximum Gasteiger partial charge on any atom is 0.258 e. The molecule has 9 heteroatoms. The summed E-state index contributed by atoms with van der Waals surface area (Å²) in [6.07, 6.45) is 1.68. The summed E-state index contributed by atoms with van der Waals surface area (Å²) in [5.74, 6) is 0.0639. The maximum atomic E-state index is 12.9. The van der Waals surface area contributed by atoms with Gasteiger partial charge in [0.15, 0.2) is 4.96 Å². The van der Waals surface area contributed by atoms with Crippen LogP contribution in [0.1, 0.15) is 5.69 Å². The SMILES string of the molecule is O=c1cc(Cn2nnc(-c3ccc(F)cc3)n2)nc2sccn12. The van der Waals surface area contributed by atoms with Crippen molar-refractivity contribution in [3.63, 3.8) is 0 Å². The summed E-state index contributed by atoms with van der Waals surface area (Å²) >= 11 is 1.38. The average molecular weight is 328 g/mol. The van der Waals surface area contributed by atoms with Gasteiger partial charge in [-0.2, -0.15) is 4.80 Å². The van der Waals surface area contributed by atoms with Crippen LogP contribution in [-0.2, 0) is 6.54 Å². The van der Waals surface area contributed by atoms with Crippen molar-refractivity contribution in [2.75, 3.05) is 0 Å². The van der Waals surface area contributed by atoms with Gasteiger partial charge in [-0.15, -0.1) is 21.5 Å². The zero-order valence-corrected chi connectivity index (χ0v) is 12.4. The Labute approximate surface area is 132 Å². The Morgan fingerprint density at radius 3 is 2.87 bits per heavy atom. The van der Waals surface area contributed by atoms with Crippen molar-refractivity contribution < 1.29 is 4.39 Å². The number of hydrogen-bond acceptors (Lipinski definition) is 6. The molecule has 0 spiro atoms. The Bertz CT molecular complexity index is 1040. The van der Waals surface area contributed by atoms with E-state index in [-0.39, 0.29) is 17.9 Å². The molecule has 0 bridgehead atoms. The molecule has 0 saturated heterocycles. The van der Waals surface area contributed by atoms with E-state index in [1.54, 1.807) is 23.7 Å². The Kier molecular flexibility index (Phi) is 3.19. The fourth-order valence-electron chi connectivity index (χ4n) is 2.14. The molecule has 0 amide bonds. The molecule has 3 heterocycles. The molecular formula is C14H9FN6OS. The summed E-state index contributed by atoms with van der Waals surface area (Å²) in [6, 6.07) is 7.28. The number of halogens is 1. The van der Waals surface area contributed by atoms with E-state index in [1.165, 1.54) is 38.7 Å². The second-order valence-corrected chi connectivity index (χ2v) is 5.66. The molecule has 4 aromatic rings. The molecular weight excluding hydrogens is 319 g/mol. The highest BCUT2D eigenvalue weighted by Gasteiger charge is 2.09. The molecule has 0 aliphatic rings. The lowest BCUT2D eigenvalue weighted by Gasteiger charge is -1.99. The summed E-state index contributed by atoms with van der Waals surface area (Å²) in [5.41, 5.74) is 1.07. The first-order valence-electron chi connectivity index (χ1n) is 6.68. The minimum atomic E-state index is -0.324. The van der Waals surface area contributed by atoms with E-state index in [0.717, 1.165) is 0 Å². The van der Waals surface area contributed by atoms with Crippen LogP contribution in [0.4, 0.5) is 4.39 Å². The van der Waals surface area contributed by atoms with Gasteiger partial charge in [0, 0.05) is 23.2 Å². The number of aromatic nitrogens is 6. The third kappa shape index (κ3) is 2.61. The first-order valence-corrected chi connectivity index (χ1v) is 7.56. The highest BCUT2D eigenvalue weighted by atomic mass is 32.1. The quantitative estimate of drug-likeness (QED) is 0.571. The van der Waals surface area contributed by atoms with Crippen molar-refractivity contribution in [1.82, 2.24) is 29.6 Å². The van der Waals surface area contributed by atoms with Gasteiger partial charge in [0.2, 0.25) is 5.82 Å². The molecule has 114 valence electrons. The Hall–Kier alpha value is -2.94. The number of nitrogens with zero attached hydrogens (tertiary/aromatic N) is 6. The van der Waals surface area contributed by atoms with E-state index in [1.807, 2.05) is 0 Å². The molecule has 0 unspecified atom stereocenters. The van der Waals surface area contributed by atoms with Gasteiger partial charge in [0.05, 0.1) is 5.69 Å². The molecule has 0 saturated carbocycles. The first kappa shape index (κ1) is 13.7. The Morgan fingerprint density at radius 1 is 1.22 bits per heavy atom. The topological polar surface area (TPSA) is 78.0 Å². The molecule has 0 N–H and O–H groups in total. The minimum Gasteiger partial charge on any atom is -0.269 e. The lowest BCUT2D eigenvalue weighted by Crippen LogP contribution is -2.15. The predicted molar refractivity (Wildman–Crippen MR) is 81.7 cm³/mol. The normalized spacial score (nSPS) is 11.2. The van der Waals surface area contributed by atoms with Crippen molar-refractivity contribution in [2.24, 2.45) is 0 Å².